The van der Waals surface area contributed by atoms with Crippen LogP contribution in [0.2, 0.25) is 0 Å². The molecule has 1 amide bonds. The summed E-state index contributed by atoms with van der Waals surface area (Å²) in [7, 11) is 0. The Bertz CT molecular complexity index is 521. The summed E-state index contributed by atoms with van der Waals surface area (Å²) in [5.41, 5.74) is 0.708. The minimum atomic E-state index is -0.438. The first-order valence-electron chi connectivity index (χ1n) is 7.24. The first kappa shape index (κ1) is 15.8. The number of hydrogen-bond acceptors (Lipinski definition) is 4. The van der Waals surface area contributed by atoms with Crippen LogP contribution in [0.5, 0.6) is 0 Å². The Balaban J connectivity index is 1.92. The Labute approximate surface area is 128 Å². The lowest BCUT2D eigenvalue weighted by Gasteiger charge is -2.20. The van der Waals surface area contributed by atoms with E-state index in [2.05, 4.69) is 12.2 Å². The molecule has 0 aliphatic heterocycles. The number of rotatable bonds is 6. The van der Waals surface area contributed by atoms with Crippen LogP contribution < -0.4 is 5.32 Å². The lowest BCUT2D eigenvalue weighted by atomic mass is 10.1. The average molecular weight is 308 g/mol. The summed E-state index contributed by atoms with van der Waals surface area (Å²) in [6, 6.07) is 6.51. The lowest BCUT2D eigenvalue weighted by Crippen LogP contribution is -2.39. The summed E-state index contributed by atoms with van der Waals surface area (Å²) < 4.78 is 0. The number of carbonyl (C=O) groups is 1. The molecule has 1 fully saturated rings. The number of nitro benzene ring substituents is 1. The molecule has 0 unspecified atom stereocenters. The fraction of sp³-hybridized carbons (Fsp3) is 0.533. The Kier molecular flexibility index (Phi) is 5.61. The Hall–Kier alpha value is -1.56. The molecule has 1 aromatic rings. The van der Waals surface area contributed by atoms with Crippen LogP contribution in [0.3, 0.4) is 0 Å². The van der Waals surface area contributed by atoms with Gasteiger partial charge >= 0.3 is 0 Å². The van der Waals surface area contributed by atoms with Gasteiger partial charge in [0.15, 0.2) is 0 Å². The van der Waals surface area contributed by atoms with Crippen LogP contribution in [0, 0.1) is 10.1 Å². The summed E-state index contributed by atoms with van der Waals surface area (Å²) in [5.74, 6) is 1.01. The van der Waals surface area contributed by atoms with Crippen molar-refractivity contribution in [1.29, 1.82) is 0 Å². The fourth-order valence-electron chi connectivity index (χ4n) is 2.73. The van der Waals surface area contributed by atoms with Crippen LogP contribution in [0.1, 0.15) is 31.7 Å². The molecule has 0 saturated heterocycles. The molecule has 0 bridgehead atoms. The highest BCUT2D eigenvalue weighted by atomic mass is 32.2. The fourth-order valence-corrected chi connectivity index (χ4v) is 3.93. The minimum absolute atomic E-state index is 0.0283. The zero-order valence-electron chi connectivity index (χ0n) is 12.1. The van der Waals surface area contributed by atoms with Crippen LogP contribution in [0.25, 0.3) is 0 Å². The van der Waals surface area contributed by atoms with Gasteiger partial charge in [-0.25, -0.2) is 0 Å². The largest absolute Gasteiger partial charge is 0.352 e. The number of nitro groups is 1. The van der Waals surface area contributed by atoms with Gasteiger partial charge in [-0.2, -0.15) is 11.8 Å². The molecule has 1 aliphatic rings. The van der Waals surface area contributed by atoms with Gasteiger partial charge in [-0.15, -0.1) is 0 Å². The molecule has 0 heterocycles. The van der Waals surface area contributed by atoms with E-state index in [-0.39, 0.29) is 24.1 Å². The van der Waals surface area contributed by atoms with Crippen LogP contribution in [0.4, 0.5) is 5.69 Å². The number of non-ortho nitro benzene ring substituents is 1. The predicted molar refractivity (Wildman–Crippen MR) is 84.5 cm³/mol. The van der Waals surface area contributed by atoms with Gasteiger partial charge in [-0.3, -0.25) is 14.9 Å². The molecule has 5 nitrogen and oxygen atoms in total. The lowest BCUT2D eigenvalue weighted by molar-refractivity contribution is -0.384. The molecule has 1 aromatic carbocycles. The van der Waals surface area contributed by atoms with Crippen molar-refractivity contribution in [2.75, 3.05) is 5.75 Å². The third-order valence-electron chi connectivity index (χ3n) is 3.67. The maximum Gasteiger partial charge on any atom is 0.269 e. The number of nitrogens with one attached hydrogen (secondary N) is 1. The van der Waals surface area contributed by atoms with Crippen LogP contribution in [0.15, 0.2) is 24.3 Å². The van der Waals surface area contributed by atoms with Crippen molar-refractivity contribution < 1.29 is 9.72 Å². The third-order valence-corrected chi connectivity index (χ3v) is 4.99. The standard InChI is InChI=1S/C15H20N2O3S/c1-2-21-14-8-4-7-13(14)16-15(18)10-11-5-3-6-12(9-11)17(19)20/h3,5-6,9,13-14H,2,4,7-8,10H2,1H3,(H,16,18)/t13-,14+/m0/s1. The molecule has 1 saturated carbocycles. The molecule has 0 radical (unpaired) electrons. The Morgan fingerprint density at radius 1 is 1.48 bits per heavy atom. The summed E-state index contributed by atoms with van der Waals surface area (Å²) in [6.07, 6.45) is 3.53. The summed E-state index contributed by atoms with van der Waals surface area (Å²) in [5, 5.41) is 14.3. The van der Waals surface area contributed by atoms with Crippen molar-refractivity contribution in [2.45, 2.75) is 43.9 Å². The normalized spacial score (nSPS) is 21.2. The van der Waals surface area contributed by atoms with E-state index in [0.717, 1.165) is 25.0 Å². The second-order valence-corrected chi connectivity index (χ2v) is 6.72. The number of nitrogens with zero attached hydrogens (tertiary/aromatic N) is 1. The average Bonchev–Trinajstić information content (AvgIpc) is 2.86. The van der Waals surface area contributed by atoms with Crippen molar-refractivity contribution in [3.8, 4) is 0 Å². The molecule has 0 aromatic heterocycles. The van der Waals surface area contributed by atoms with Crippen molar-refractivity contribution in [3.05, 3.63) is 39.9 Å². The molecule has 1 N–H and O–H groups in total. The number of carbonyl (C=O) groups excluding carboxylic acids is 1. The van der Waals surface area contributed by atoms with E-state index in [1.807, 2.05) is 11.8 Å². The second kappa shape index (κ2) is 7.45. The maximum absolute atomic E-state index is 12.1. The van der Waals surface area contributed by atoms with Crippen LogP contribution in [-0.4, -0.2) is 27.9 Å². The molecule has 114 valence electrons. The number of amides is 1. The van der Waals surface area contributed by atoms with Crippen LogP contribution in [-0.2, 0) is 11.2 Å². The highest BCUT2D eigenvalue weighted by Crippen LogP contribution is 2.29. The zero-order valence-corrected chi connectivity index (χ0v) is 12.9. The van der Waals surface area contributed by atoms with E-state index in [1.165, 1.54) is 12.1 Å². The van der Waals surface area contributed by atoms with Crippen molar-refractivity contribution in [3.63, 3.8) is 0 Å². The molecule has 2 atom stereocenters. The quantitative estimate of drug-likeness (QED) is 0.648. The van der Waals surface area contributed by atoms with Crippen molar-refractivity contribution >= 4 is 23.4 Å². The molecule has 21 heavy (non-hydrogen) atoms. The molecular formula is C15H20N2O3S. The topological polar surface area (TPSA) is 72.2 Å². The van der Waals surface area contributed by atoms with E-state index in [4.69, 9.17) is 0 Å². The van der Waals surface area contributed by atoms with E-state index in [0.29, 0.717) is 10.8 Å². The Morgan fingerprint density at radius 3 is 3.00 bits per heavy atom. The Morgan fingerprint density at radius 2 is 2.29 bits per heavy atom. The van der Waals surface area contributed by atoms with Gasteiger partial charge in [0, 0.05) is 23.4 Å². The van der Waals surface area contributed by atoms with Crippen molar-refractivity contribution in [1.82, 2.24) is 5.32 Å². The first-order chi connectivity index (χ1) is 10.1. The summed E-state index contributed by atoms with van der Waals surface area (Å²) >= 11 is 1.90. The summed E-state index contributed by atoms with van der Waals surface area (Å²) in [6.45, 7) is 2.13. The third kappa shape index (κ3) is 4.46. The molecule has 2 rings (SSSR count). The zero-order chi connectivity index (χ0) is 15.2. The highest BCUT2D eigenvalue weighted by molar-refractivity contribution is 7.99. The number of benzene rings is 1. The van der Waals surface area contributed by atoms with Gasteiger partial charge in [0.1, 0.15) is 0 Å². The van der Waals surface area contributed by atoms with Crippen LogP contribution >= 0.6 is 11.8 Å². The van der Waals surface area contributed by atoms with Gasteiger partial charge in [-0.05, 0) is 24.2 Å². The van der Waals surface area contributed by atoms with E-state index >= 15 is 0 Å². The van der Waals surface area contributed by atoms with Gasteiger partial charge < -0.3 is 5.32 Å². The van der Waals surface area contributed by atoms with Gasteiger partial charge in [0.2, 0.25) is 5.91 Å². The number of hydrogen-bond donors (Lipinski definition) is 1. The number of thioether (sulfide) groups is 1. The SMILES string of the molecule is CCS[C@@H]1CCC[C@@H]1NC(=O)Cc1cccc([N+](=O)[O-])c1. The van der Waals surface area contributed by atoms with E-state index in [1.54, 1.807) is 12.1 Å². The monoisotopic (exact) mass is 308 g/mol. The molecule has 0 spiro atoms. The van der Waals surface area contributed by atoms with Gasteiger partial charge in [0.05, 0.1) is 11.3 Å². The highest BCUT2D eigenvalue weighted by Gasteiger charge is 2.28. The smallest absolute Gasteiger partial charge is 0.269 e. The van der Waals surface area contributed by atoms with E-state index in [9.17, 15) is 14.9 Å². The first-order valence-corrected chi connectivity index (χ1v) is 8.29. The maximum atomic E-state index is 12.1. The van der Waals surface area contributed by atoms with Gasteiger partial charge in [-0.1, -0.05) is 25.5 Å². The predicted octanol–water partition coefficient (Wildman–Crippen LogP) is 2.93. The molecular weight excluding hydrogens is 288 g/mol. The molecule has 1 aliphatic carbocycles. The summed E-state index contributed by atoms with van der Waals surface area (Å²) in [4.78, 5) is 22.4. The van der Waals surface area contributed by atoms with E-state index < -0.39 is 4.92 Å². The van der Waals surface area contributed by atoms with Gasteiger partial charge in [0.25, 0.3) is 5.69 Å². The second-order valence-electron chi connectivity index (χ2n) is 5.20. The molecule has 6 heteroatoms. The van der Waals surface area contributed by atoms with Crippen molar-refractivity contribution in [2.24, 2.45) is 0 Å². The minimum Gasteiger partial charge on any atom is -0.352 e.